The summed E-state index contributed by atoms with van der Waals surface area (Å²) in [5, 5.41) is 0.872. The van der Waals surface area contributed by atoms with E-state index in [-0.39, 0.29) is 0 Å². The normalized spacial score (nSPS) is 10.0. The van der Waals surface area contributed by atoms with E-state index in [2.05, 4.69) is 6.07 Å². The minimum Gasteiger partial charge on any atom is -0.0838 e. The lowest BCUT2D eigenvalue weighted by Gasteiger charge is -2.03. The molecule has 1 aromatic rings. The molecule has 0 aliphatic rings. The zero-order valence-corrected chi connectivity index (χ0v) is 7.21. The van der Waals surface area contributed by atoms with Gasteiger partial charge in [-0.3, -0.25) is 0 Å². The number of halogens is 1. The second-order valence-electron chi connectivity index (χ2n) is 2.54. The molecule has 0 heterocycles. The number of hydrogen-bond donors (Lipinski definition) is 0. The third kappa shape index (κ3) is 1.17. The van der Waals surface area contributed by atoms with Crippen molar-refractivity contribution in [2.24, 2.45) is 0 Å². The van der Waals surface area contributed by atoms with Gasteiger partial charge < -0.3 is 0 Å². The van der Waals surface area contributed by atoms with Crippen molar-refractivity contribution >= 4 is 11.6 Å². The largest absolute Gasteiger partial charge is 0.0838 e. The van der Waals surface area contributed by atoms with Crippen LogP contribution in [0.3, 0.4) is 0 Å². The van der Waals surface area contributed by atoms with Crippen LogP contribution < -0.4 is 0 Å². The molecule has 0 spiro atoms. The first-order chi connectivity index (χ1) is 4.63. The molecule has 0 aliphatic heterocycles. The van der Waals surface area contributed by atoms with E-state index < -0.39 is 0 Å². The summed E-state index contributed by atoms with van der Waals surface area (Å²) in [6.45, 7) is 6.02. The third-order valence-corrected chi connectivity index (χ3v) is 2.32. The SMILES string of the molecule is Cc1[c]cc(C)c(Cl)c1C. The van der Waals surface area contributed by atoms with Crippen LogP contribution in [0.1, 0.15) is 16.7 Å². The molecule has 0 saturated carbocycles. The van der Waals surface area contributed by atoms with Crippen molar-refractivity contribution in [2.75, 3.05) is 0 Å². The fraction of sp³-hybridized carbons (Fsp3) is 0.333. The van der Waals surface area contributed by atoms with E-state index in [1.54, 1.807) is 0 Å². The van der Waals surface area contributed by atoms with Crippen molar-refractivity contribution in [3.8, 4) is 0 Å². The van der Waals surface area contributed by atoms with Gasteiger partial charge in [0, 0.05) is 5.02 Å². The Morgan fingerprint density at radius 1 is 1.30 bits per heavy atom. The number of rotatable bonds is 0. The summed E-state index contributed by atoms with van der Waals surface area (Å²) < 4.78 is 0. The predicted molar refractivity (Wildman–Crippen MR) is 44.5 cm³/mol. The summed E-state index contributed by atoms with van der Waals surface area (Å²) in [4.78, 5) is 0. The first-order valence-corrected chi connectivity index (χ1v) is 3.64. The van der Waals surface area contributed by atoms with Crippen LogP contribution in [0.2, 0.25) is 5.02 Å². The number of hydrogen-bond acceptors (Lipinski definition) is 0. The highest BCUT2D eigenvalue weighted by atomic mass is 35.5. The van der Waals surface area contributed by atoms with Gasteiger partial charge in [0.1, 0.15) is 0 Å². The molecule has 0 fully saturated rings. The minimum absolute atomic E-state index is 0.872. The van der Waals surface area contributed by atoms with E-state index in [1.165, 1.54) is 0 Å². The topological polar surface area (TPSA) is 0 Å². The van der Waals surface area contributed by atoms with E-state index in [1.807, 2.05) is 26.8 Å². The Morgan fingerprint density at radius 3 is 2.40 bits per heavy atom. The molecule has 1 rings (SSSR count). The summed E-state index contributed by atoms with van der Waals surface area (Å²) in [5.74, 6) is 0. The van der Waals surface area contributed by atoms with Gasteiger partial charge in [-0.15, -0.1) is 0 Å². The van der Waals surface area contributed by atoms with E-state index >= 15 is 0 Å². The van der Waals surface area contributed by atoms with Crippen LogP contribution in [-0.4, -0.2) is 0 Å². The third-order valence-electron chi connectivity index (χ3n) is 1.74. The highest BCUT2D eigenvalue weighted by molar-refractivity contribution is 6.32. The Balaban J connectivity index is 3.34. The fourth-order valence-corrected chi connectivity index (χ4v) is 1.04. The van der Waals surface area contributed by atoms with Crippen molar-refractivity contribution in [2.45, 2.75) is 20.8 Å². The fourth-order valence-electron chi connectivity index (χ4n) is 0.848. The van der Waals surface area contributed by atoms with Crippen molar-refractivity contribution in [1.29, 1.82) is 0 Å². The molecule has 53 valence electrons. The average Bonchev–Trinajstić information content (AvgIpc) is 1.93. The Labute approximate surface area is 66.8 Å². The van der Waals surface area contributed by atoms with Crippen LogP contribution in [-0.2, 0) is 0 Å². The summed E-state index contributed by atoms with van der Waals surface area (Å²) in [6.07, 6.45) is 0. The van der Waals surface area contributed by atoms with Gasteiger partial charge in [0.15, 0.2) is 0 Å². The second-order valence-corrected chi connectivity index (χ2v) is 2.91. The Bertz CT molecular complexity index is 224. The maximum absolute atomic E-state index is 5.96. The van der Waals surface area contributed by atoms with Gasteiger partial charge in [0.05, 0.1) is 0 Å². The molecule has 1 aromatic carbocycles. The van der Waals surface area contributed by atoms with Gasteiger partial charge in [-0.2, -0.15) is 0 Å². The van der Waals surface area contributed by atoms with Gasteiger partial charge in [0.2, 0.25) is 0 Å². The lowest BCUT2D eigenvalue weighted by atomic mass is 10.1. The highest BCUT2D eigenvalue weighted by Crippen LogP contribution is 2.21. The van der Waals surface area contributed by atoms with Gasteiger partial charge in [-0.25, -0.2) is 0 Å². The molecule has 10 heavy (non-hydrogen) atoms. The molecule has 0 aromatic heterocycles. The summed E-state index contributed by atoms with van der Waals surface area (Å²) >= 11 is 5.96. The Morgan fingerprint density at radius 2 is 1.90 bits per heavy atom. The van der Waals surface area contributed by atoms with Crippen LogP contribution in [0, 0.1) is 26.8 Å². The lowest BCUT2D eigenvalue weighted by molar-refractivity contribution is 1.29. The standard InChI is InChI=1S/C9H10Cl/c1-6-4-5-7(2)9(10)8(6)3/h5H,1-3H3. The van der Waals surface area contributed by atoms with Crippen LogP contribution in [0.15, 0.2) is 6.07 Å². The summed E-state index contributed by atoms with van der Waals surface area (Å²) in [5.41, 5.74) is 3.38. The van der Waals surface area contributed by atoms with Gasteiger partial charge in [-0.1, -0.05) is 11.6 Å². The minimum atomic E-state index is 0.872. The molecule has 0 saturated heterocycles. The number of benzene rings is 1. The van der Waals surface area contributed by atoms with Gasteiger partial charge in [-0.05, 0) is 49.6 Å². The monoisotopic (exact) mass is 153 g/mol. The molecule has 0 atom stereocenters. The van der Waals surface area contributed by atoms with Crippen LogP contribution in [0.4, 0.5) is 0 Å². The lowest BCUT2D eigenvalue weighted by Crippen LogP contribution is -1.84. The van der Waals surface area contributed by atoms with Crippen LogP contribution >= 0.6 is 11.6 Å². The highest BCUT2D eigenvalue weighted by Gasteiger charge is 2.00. The van der Waals surface area contributed by atoms with Crippen LogP contribution in [0.5, 0.6) is 0 Å². The molecule has 0 amide bonds. The quantitative estimate of drug-likeness (QED) is 0.538. The Kier molecular flexibility index (Phi) is 2.00. The predicted octanol–water partition coefficient (Wildman–Crippen LogP) is 3.07. The molecule has 0 N–H and O–H groups in total. The molecular formula is C9H10Cl. The maximum atomic E-state index is 5.96. The van der Waals surface area contributed by atoms with Crippen molar-refractivity contribution in [3.63, 3.8) is 0 Å². The smallest absolute Gasteiger partial charge is 0.0467 e. The van der Waals surface area contributed by atoms with E-state index in [9.17, 15) is 0 Å². The van der Waals surface area contributed by atoms with Crippen molar-refractivity contribution in [3.05, 3.63) is 33.8 Å². The summed E-state index contributed by atoms with van der Waals surface area (Å²) in [7, 11) is 0. The second kappa shape index (κ2) is 2.63. The zero-order chi connectivity index (χ0) is 7.72. The Hall–Kier alpha value is -0.490. The molecule has 1 heteroatoms. The molecule has 0 nitrogen and oxygen atoms in total. The maximum Gasteiger partial charge on any atom is 0.0467 e. The molecule has 0 aliphatic carbocycles. The molecule has 1 radical (unpaired) electrons. The van der Waals surface area contributed by atoms with E-state index in [4.69, 9.17) is 11.6 Å². The molecule has 0 bridgehead atoms. The van der Waals surface area contributed by atoms with Crippen molar-refractivity contribution in [1.82, 2.24) is 0 Å². The average molecular weight is 154 g/mol. The van der Waals surface area contributed by atoms with E-state index in [0.717, 1.165) is 21.7 Å². The first kappa shape index (κ1) is 7.62. The van der Waals surface area contributed by atoms with E-state index in [0.29, 0.717) is 0 Å². The van der Waals surface area contributed by atoms with Gasteiger partial charge in [0.25, 0.3) is 0 Å². The van der Waals surface area contributed by atoms with Crippen molar-refractivity contribution < 1.29 is 0 Å². The first-order valence-electron chi connectivity index (χ1n) is 3.27. The van der Waals surface area contributed by atoms with Crippen LogP contribution in [0.25, 0.3) is 0 Å². The summed E-state index contributed by atoms with van der Waals surface area (Å²) in [6, 6.07) is 5.05. The van der Waals surface area contributed by atoms with Gasteiger partial charge >= 0.3 is 0 Å². The molecule has 0 unspecified atom stereocenters. The number of aryl methyl sites for hydroxylation is 2. The zero-order valence-electron chi connectivity index (χ0n) is 6.46. The molecular weight excluding hydrogens is 144 g/mol.